The van der Waals surface area contributed by atoms with E-state index in [-0.39, 0.29) is 10.4 Å². The van der Waals surface area contributed by atoms with E-state index in [1.807, 2.05) is 0 Å². The van der Waals surface area contributed by atoms with Crippen LogP contribution < -0.4 is 5.32 Å². The van der Waals surface area contributed by atoms with Gasteiger partial charge < -0.3 is 10.4 Å². The molecular formula is C10H16N2O2S. The summed E-state index contributed by atoms with van der Waals surface area (Å²) in [7, 11) is 0. The first kappa shape index (κ1) is 12.1. The number of nitrogens with zero attached hydrogens (tertiary/aromatic N) is 1. The molecule has 1 heterocycles. The molecule has 0 atom stereocenters. The number of rotatable bonds is 4. The van der Waals surface area contributed by atoms with Gasteiger partial charge in [-0.1, -0.05) is 20.8 Å². The van der Waals surface area contributed by atoms with E-state index in [2.05, 4.69) is 31.1 Å². The molecule has 1 rings (SSSR count). The molecule has 0 radical (unpaired) electrons. The fraction of sp³-hybridized carbons (Fsp3) is 0.600. The van der Waals surface area contributed by atoms with Crippen molar-refractivity contribution in [3.63, 3.8) is 0 Å². The summed E-state index contributed by atoms with van der Waals surface area (Å²) >= 11 is 1.16. The van der Waals surface area contributed by atoms with E-state index in [9.17, 15) is 4.79 Å². The van der Waals surface area contributed by atoms with Gasteiger partial charge in [0.1, 0.15) is 0 Å². The third kappa shape index (κ3) is 4.40. The Bertz CT molecular complexity index is 341. The molecule has 0 amide bonds. The van der Waals surface area contributed by atoms with Crippen molar-refractivity contribution in [3.8, 4) is 0 Å². The molecule has 0 saturated heterocycles. The summed E-state index contributed by atoms with van der Waals surface area (Å²) in [5, 5.41) is 13.9. The number of thiazole rings is 1. The van der Waals surface area contributed by atoms with Crippen LogP contribution in [0, 0.1) is 5.41 Å². The molecule has 15 heavy (non-hydrogen) atoms. The van der Waals surface area contributed by atoms with Crippen LogP contribution in [0.5, 0.6) is 0 Å². The molecule has 0 fully saturated rings. The third-order valence-electron chi connectivity index (χ3n) is 1.70. The molecule has 5 heteroatoms. The maximum Gasteiger partial charge on any atom is 0.365 e. The van der Waals surface area contributed by atoms with Gasteiger partial charge in [-0.3, -0.25) is 0 Å². The zero-order valence-electron chi connectivity index (χ0n) is 9.20. The van der Waals surface area contributed by atoms with Gasteiger partial charge in [-0.15, -0.1) is 11.3 Å². The fourth-order valence-corrected chi connectivity index (χ4v) is 1.71. The topological polar surface area (TPSA) is 62.2 Å². The van der Waals surface area contributed by atoms with E-state index < -0.39 is 5.97 Å². The predicted octanol–water partition coefficient (Wildman–Crippen LogP) is 1.98. The zero-order valence-corrected chi connectivity index (χ0v) is 10.0. The van der Waals surface area contributed by atoms with Crippen LogP contribution in [-0.2, 0) is 6.54 Å². The maximum absolute atomic E-state index is 10.6. The number of hydrogen-bond donors (Lipinski definition) is 2. The van der Waals surface area contributed by atoms with Crippen LogP contribution in [0.4, 0.5) is 0 Å². The Morgan fingerprint density at radius 3 is 2.73 bits per heavy atom. The standard InChI is InChI=1S/C10H16N2O2S/c1-10(2,3)6-11-4-7-5-15-8(12-7)9(13)14/h5,11H,4,6H2,1-3H3,(H,13,14). The first-order valence-corrected chi connectivity index (χ1v) is 5.65. The average Bonchev–Trinajstić information content (AvgIpc) is 2.50. The molecule has 0 saturated carbocycles. The molecule has 4 nitrogen and oxygen atoms in total. The second kappa shape index (κ2) is 4.72. The van der Waals surface area contributed by atoms with E-state index in [1.165, 1.54) is 0 Å². The zero-order chi connectivity index (χ0) is 11.5. The quantitative estimate of drug-likeness (QED) is 0.827. The van der Waals surface area contributed by atoms with Gasteiger partial charge in [0.05, 0.1) is 5.69 Å². The molecule has 0 aliphatic heterocycles. The molecule has 0 aliphatic carbocycles. The van der Waals surface area contributed by atoms with Crippen molar-refractivity contribution >= 4 is 17.3 Å². The van der Waals surface area contributed by atoms with Crippen molar-refractivity contribution in [2.45, 2.75) is 27.3 Å². The minimum absolute atomic E-state index is 0.155. The molecular weight excluding hydrogens is 212 g/mol. The lowest BCUT2D eigenvalue weighted by atomic mass is 9.97. The lowest BCUT2D eigenvalue weighted by molar-refractivity contribution is 0.0696. The molecule has 0 aromatic carbocycles. The van der Waals surface area contributed by atoms with E-state index >= 15 is 0 Å². The first-order valence-electron chi connectivity index (χ1n) is 4.77. The smallest absolute Gasteiger partial charge is 0.365 e. The summed E-state index contributed by atoms with van der Waals surface area (Å²) in [4.78, 5) is 14.6. The number of carboxylic acid groups (broad SMARTS) is 1. The lowest BCUT2D eigenvalue weighted by Gasteiger charge is -2.18. The molecule has 0 unspecified atom stereocenters. The third-order valence-corrected chi connectivity index (χ3v) is 2.58. The second-order valence-electron chi connectivity index (χ2n) is 4.61. The van der Waals surface area contributed by atoms with E-state index in [4.69, 9.17) is 5.11 Å². The van der Waals surface area contributed by atoms with Gasteiger partial charge in [0, 0.05) is 18.5 Å². The SMILES string of the molecule is CC(C)(C)CNCc1csc(C(=O)O)n1. The minimum Gasteiger partial charge on any atom is -0.476 e. The van der Waals surface area contributed by atoms with Crippen molar-refractivity contribution in [3.05, 3.63) is 16.1 Å². The fourth-order valence-electron chi connectivity index (χ4n) is 1.05. The number of nitrogens with one attached hydrogen (secondary N) is 1. The maximum atomic E-state index is 10.6. The van der Waals surface area contributed by atoms with Gasteiger partial charge in [-0.25, -0.2) is 9.78 Å². The minimum atomic E-state index is -0.956. The number of carbonyl (C=O) groups is 1. The molecule has 0 aliphatic rings. The summed E-state index contributed by atoms with van der Waals surface area (Å²) in [5.74, 6) is -0.956. The van der Waals surface area contributed by atoms with Gasteiger partial charge in [0.15, 0.2) is 0 Å². The van der Waals surface area contributed by atoms with Crippen LogP contribution in [0.3, 0.4) is 0 Å². The van der Waals surface area contributed by atoms with E-state index in [0.29, 0.717) is 6.54 Å². The Balaban J connectivity index is 2.41. The van der Waals surface area contributed by atoms with Crippen molar-refractivity contribution in [2.24, 2.45) is 5.41 Å². The summed E-state index contributed by atoms with van der Waals surface area (Å²) in [5.41, 5.74) is 1.02. The van der Waals surface area contributed by atoms with Gasteiger partial charge in [-0.2, -0.15) is 0 Å². The molecule has 1 aromatic rings. The van der Waals surface area contributed by atoms with Crippen molar-refractivity contribution < 1.29 is 9.90 Å². The molecule has 1 aromatic heterocycles. The van der Waals surface area contributed by atoms with E-state index in [0.717, 1.165) is 23.6 Å². The highest BCUT2D eigenvalue weighted by molar-refractivity contribution is 7.11. The highest BCUT2D eigenvalue weighted by atomic mass is 32.1. The van der Waals surface area contributed by atoms with Crippen LogP contribution in [0.25, 0.3) is 0 Å². The number of aromatic carboxylic acids is 1. The normalized spacial score (nSPS) is 11.7. The van der Waals surface area contributed by atoms with E-state index in [1.54, 1.807) is 5.38 Å². The summed E-state index contributed by atoms with van der Waals surface area (Å²) in [6.45, 7) is 7.94. The van der Waals surface area contributed by atoms with Gasteiger partial charge in [-0.05, 0) is 5.41 Å². The Kier molecular flexibility index (Phi) is 3.82. The molecule has 0 spiro atoms. The monoisotopic (exact) mass is 228 g/mol. The van der Waals surface area contributed by atoms with Crippen LogP contribution in [0.1, 0.15) is 36.3 Å². The second-order valence-corrected chi connectivity index (χ2v) is 5.47. The number of carboxylic acids is 1. The van der Waals surface area contributed by atoms with Crippen LogP contribution >= 0.6 is 11.3 Å². The van der Waals surface area contributed by atoms with Crippen LogP contribution in [-0.4, -0.2) is 22.6 Å². The van der Waals surface area contributed by atoms with Crippen LogP contribution in [0.2, 0.25) is 0 Å². The Morgan fingerprint density at radius 1 is 1.60 bits per heavy atom. The number of aromatic nitrogens is 1. The summed E-state index contributed by atoms with van der Waals surface area (Å²) < 4.78 is 0. The highest BCUT2D eigenvalue weighted by Crippen LogP contribution is 2.12. The van der Waals surface area contributed by atoms with Gasteiger partial charge in [0.25, 0.3) is 0 Å². The summed E-state index contributed by atoms with van der Waals surface area (Å²) in [6.07, 6.45) is 0. The van der Waals surface area contributed by atoms with Crippen molar-refractivity contribution in [1.82, 2.24) is 10.3 Å². The average molecular weight is 228 g/mol. The molecule has 84 valence electrons. The number of hydrogen-bond acceptors (Lipinski definition) is 4. The predicted molar refractivity (Wildman–Crippen MR) is 60.2 cm³/mol. The Hall–Kier alpha value is -0.940. The van der Waals surface area contributed by atoms with Gasteiger partial charge >= 0.3 is 5.97 Å². The molecule has 0 bridgehead atoms. The Labute approximate surface area is 93.4 Å². The lowest BCUT2D eigenvalue weighted by Crippen LogP contribution is -2.26. The first-order chi connectivity index (χ1) is 6.88. The Morgan fingerprint density at radius 2 is 2.27 bits per heavy atom. The van der Waals surface area contributed by atoms with Crippen molar-refractivity contribution in [2.75, 3.05) is 6.54 Å². The summed E-state index contributed by atoms with van der Waals surface area (Å²) in [6, 6.07) is 0. The van der Waals surface area contributed by atoms with Gasteiger partial charge in [0.2, 0.25) is 5.01 Å². The molecule has 2 N–H and O–H groups in total. The highest BCUT2D eigenvalue weighted by Gasteiger charge is 2.11. The largest absolute Gasteiger partial charge is 0.476 e. The van der Waals surface area contributed by atoms with Crippen molar-refractivity contribution in [1.29, 1.82) is 0 Å². The van der Waals surface area contributed by atoms with Crippen LogP contribution in [0.15, 0.2) is 5.38 Å².